The molecule has 0 aromatic carbocycles. The molecule has 1 aromatic heterocycles. The Balaban J connectivity index is 2.64. The maximum Gasteiger partial charge on any atom is 0.128 e. The van der Waals surface area contributed by atoms with Gasteiger partial charge in [-0.3, -0.25) is 0 Å². The first kappa shape index (κ1) is 10.6. The Hall–Kier alpha value is -0.503. The minimum atomic E-state index is -0.0319. The van der Waals surface area contributed by atoms with Crippen LogP contribution in [0, 0.1) is 0 Å². The molecule has 0 unspecified atom stereocenters. The van der Waals surface area contributed by atoms with E-state index in [1.54, 1.807) is 0 Å². The van der Waals surface area contributed by atoms with E-state index in [2.05, 4.69) is 50.4 Å². The standard InChI is InChI=1S/C11H21NSi/c1-5-8-13-12-7-6-10(9-12)11(2,3)4/h6-7,9H,5,8,13H2,1-4H3. The van der Waals surface area contributed by atoms with Gasteiger partial charge in [0.1, 0.15) is 9.68 Å². The van der Waals surface area contributed by atoms with Gasteiger partial charge >= 0.3 is 0 Å². The number of nitrogens with zero attached hydrogens (tertiary/aromatic N) is 1. The van der Waals surface area contributed by atoms with Gasteiger partial charge < -0.3 is 4.23 Å². The highest BCUT2D eigenvalue weighted by molar-refractivity contribution is 6.33. The highest BCUT2D eigenvalue weighted by Crippen LogP contribution is 2.21. The van der Waals surface area contributed by atoms with E-state index < -0.39 is 0 Å². The molecule has 1 nitrogen and oxygen atoms in total. The second-order valence-corrected chi connectivity index (χ2v) is 6.63. The summed E-state index contributed by atoms with van der Waals surface area (Å²) in [5, 5.41) is 0. The van der Waals surface area contributed by atoms with Gasteiger partial charge in [0.2, 0.25) is 0 Å². The first-order valence-electron chi connectivity index (χ1n) is 5.20. The zero-order valence-corrected chi connectivity index (χ0v) is 10.7. The van der Waals surface area contributed by atoms with Crippen molar-refractivity contribution in [3.8, 4) is 0 Å². The predicted molar refractivity (Wildman–Crippen MR) is 62.2 cm³/mol. The molecule has 0 saturated carbocycles. The smallest absolute Gasteiger partial charge is 0.128 e. The zero-order chi connectivity index (χ0) is 9.90. The molecule has 0 spiro atoms. The Morgan fingerprint density at radius 1 is 1.38 bits per heavy atom. The molecule has 2 heteroatoms. The van der Waals surface area contributed by atoms with Gasteiger partial charge in [0.25, 0.3) is 0 Å². The molecular formula is C11H21NSi. The lowest BCUT2D eigenvalue weighted by molar-refractivity contribution is 0.590. The van der Waals surface area contributed by atoms with Crippen molar-refractivity contribution in [1.82, 2.24) is 4.23 Å². The Morgan fingerprint density at radius 3 is 2.54 bits per heavy atom. The quantitative estimate of drug-likeness (QED) is 0.653. The molecule has 0 bridgehead atoms. The van der Waals surface area contributed by atoms with Gasteiger partial charge in [-0.1, -0.05) is 34.1 Å². The minimum Gasteiger partial charge on any atom is -0.386 e. The third kappa shape index (κ3) is 3.03. The molecule has 0 fully saturated rings. The lowest BCUT2D eigenvalue weighted by Crippen LogP contribution is -2.10. The first-order chi connectivity index (χ1) is 6.04. The van der Waals surface area contributed by atoms with E-state index in [0.29, 0.717) is 5.41 Å². The van der Waals surface area contributed by atoms with E-state index in [0.717, 1.165) is 0 Å². The Bertz CT molecular complexity index is 257. The molecule has 0 atom stereocenters. The van der Waals surface area contributed by atoms with Crippen molar-refractivity contribution in [3.05, 3.63) is 24.0 Å². The largest absolute Gasteiger partial charge is 0.386 e. The van der Waals surface area contributed by atoms with Crippen molar-refractivity contribution in [2.75, 3.05) is 0 Å². The van der Waals surface area contributed by atoms with Crippen LogP contribution in [0.4, 0.5) is 0 Å². The summed E-state index contributed by atoms with van der Waals surface area (Å²) in [5.74, 6) is 0. The van der Waals surface area contributed by atoms with Crippen LogP contribution in [-0.4, -0.2) is 13.9 Å². The summed E-state index contributed by atoms with van der Waals surface area (Å²) in [6, 6.07) is 3.68. The van der Waals surface area contributed by atoms with E-state index in [9.17, 15) is 0 Å². The van der Waals surface area contributed by atoms with Crippen LogP contribution >= 0.6 is 0 Å². The summed E-state index contributed by atoms with van der Waals surface area (Å²) in [7, 11) is -0.0319. The van der Waals surface area contributed by atoms with Crippen molar-refractivity contribution in [2.45, 2.75) is 45.6 Å². The van der Waals surface area contributed by atoms with Crippen LogP contribution in [-0.2, 0) is 5.41 Å². The average Bonchev–Trinajstić information content (AvgIpc) is 2.47. The molecule has 0 N–H and O–H groups in total. The molecule has 0 aliphatic heterocycles. The van der Waals surface area contributed by atoms with Gasteiger partial charge in [0, 0.05) is 0 Å². The van der Waals surface area contributed by atoms with Crippen molar-refractivity contribution in [2.24, 2.45) is 0 Å². The first-order valence-corrected chi connectivity index (χ1v) is 6.83. The van der Waals surface area contributed by atoms with Gasteiger partial charge in [0.15, 0.2) is 0 Å². The summed E-state index contributed by atoms with van der Waals surface area (Å²) in [4.78, 5) is 0. The summed E-state index contributed by atoms with van der Waals surface area (Å²) in [5.41, 5.74) is 1.78. The third-order valence-corrected chi connectivity index (χ3v) is 4.32. The van der Waals surface area contributed by atoms with E-state index in [4.69, 9.17) is 0 Å². The summed E-state index contributed by atoms with van der Waals surface area (Å²) in [6.45, 7) is 9.08. The minimum absolute atomic E-state index is 0.0319. The zero-order valence-electron chi connectivity index (χ0n) is 9.30. The van der Waals surface area contributed by atoms with Crippen LogP contribution in [0.15, 0.2) is 18.5 Å². The fraction of sp³-hybridized carbons (Fsp3) is 0.636. The molecule has 74 valence electrons. The number of aromatic nitrogens is 1. The van der Waals surface area contributed by atoms with Crippen LogP contribution in [0.5, 0.6) is 0 Å². The van der Waals surface area contributed by atoms with Crippen molar-refractivity contribution in [1.29, 1.82) is 0 Å². The number of hydrogen-bond acceptors (Lipinski definition) is 0. The highest BCUT2D eigenvalue weighted by atomic mass is 28.2. The highest BCUT2D eigenvalue weighted by Gasteiger charge is 2.14. The molecule has 1 aromatic rings. The van der Waals surface area contributed by atoms with Crippen molar-refractivity contribution >= 4 is 9.68 Å². The molecule has 0 aliphatic rings. The van der Waals surface area contributed by atoms with Crippen molar-refractivity contribution < 1.29 is 0 Å². The second kappa shape index (κ2) is 4.14. The maximum atomic E-state index is 2.43. The molecular weight excluding hydrogens is 174 g/mol. The summed E-state index contributed by atoms with van der Waals surface area (Å²) in [6.07, 6.45) is 5.92. The van der Waals surface area contributed by atoms with Crippen molar-refractivity contribution in [3.63, 3.8) is 0 Å². The molecule has 1 rings (SSSR count). The van der Waals surface area contributed by atoms with Gasteiger partial charge in [0.05, 0.1) is 0 Å². The molecule has 0 radical (unpaired) electrons. The van der Waals surface area contributed by atoms with E-state index in [1.807, 2.05) is 0 Å². The molecule has 0 aliphatic carbocycles. The third-order valence-electron chi connectivity index (χ3n) is 2.39. The average molecular weight is 195 g/mol. The van der Waals surface area contributed by atoms with Gasteiger partial charge in [-0.2, -0.15) is 0 Å². The SMILES string of the molecule is CCC[SiH2]n1ccc(C(C)(C)C)c1. The number of rotatable bonds is 3. The molecule has 1 heterocycles. The van der Waals surface area contributed by atoms with Gasteiger partial charge in [-0.15, -0.1) is 0 Å². The monoisotopic (exact) mass is 195 g/mol. The van der Waals surface area contributed by atoms with Gasteiger partial charge in [-0.05, 0) is 35.5 Å². The number of hydrogen-bond donors (Lipinski definition) is 0. The van der Waals surface area contributed by atoms with E-state index >= 15 is 0 Å². The van der Waals surface area contributed by atoms with E-state index in [1.165, 1.54) is 18.0 Å². The molecule has 13 heavy (non-hydrogen) atoms. The van der Waals surface area contributed by atoms with Crippen LogP contribution in [0.1, 0.15) is 39.7 Å². The lowest BCUT2D eigenvalue weighted by atomic mass is 9.89. The summed E-state index contributed by atoms with van der Waals surface area (Å²) < 4.78 is 2.43. The Kier molecular flexibility index (Phi) is 3.37. The fourth-order valence-corrected chi connectivity index (χ4v) is 2.63. The van der Waals surface area contributed by atoms with Crippen LogP contribution < -0.4 is 0 Å². The Morgan fingerprint density at radius 2 is 2.08 bits per heavy atom. The maximum absolute atomic E-state index is 2.43. The van der Waals surface area contributed by atoms with Crippen LogP contribution in [0.25, 0.3) is 0 Å². The van der Waals surface area contributed by atoms with Crippen LogP contribution in [0.3, 0.4) is 0 Å². The van der Waals surface area contributed by atoms with E-state index in [-0.39, 0.29) is 9.68 Å². The summed E-state index contributed by atoms with van der Waals surface area (Å²) >= 11 is 0. The fourth-order valence-electron chi connectivity index (χ4n) is 1.36. The lowest BCUT2D eigenvalue weighted by Gasteiger charge is -2.16. The second-order valence-electron chi connectivity index (χ2n) is 4.74. The Labute approximate surface area is 84.1 Å². The molecule has 0 amide bonds. The normalized spacial score (nSPS) is 12.9. The van der Waals surface area contributed by atoms with Gasteiger partial charge in [-0.25, -0.2) is 0 Å². The van der Waals surface area contributed by atoms with Crippen LogP contribution in [0.2, 0.25) is 6.04 Å². The predicted octanol–water partition coefficient (Wildman–Crippen LogP) is 2.55. The topological polar surface area (TPSA) is 4.93 Å². The molecule has 0 saturated heterocycles.